The molecule has 5 aromatic carbocycles. The number of methoxy groups -OCH3 is 2. The molecule has 10 aromatic rings. The van der Waals surface area contributed by atoms with Crippen LogP contribution in [0, 0.1) is 38.2 Å². The predicted octanol–water partition coefficient (Wildman–Crippen LogP) is 13.6. The molecule has 0 bridgehead atoms. The first-order chi connectivity index (χ1) is 38.2. The van der Waals surface area contributed by atoms with E-state index in [1.54, 1.807) is 63.3 Å². The molecule has 0 amide bonds. The van der Waals surface area contributed by atoms with E-state index in [1.165, 1.54) is 31.8 Å². The van der Waals surface area contributed by atoms with Crippen LogP contribution in [0.1, 0.15) is 72.3 Å². The van der Waals surface area contributed by atoms with Crippen LogP contribution in [0.15, 0.2) is 164 Å². The Balaban J connectivity index is 0.000000138. The second kappa shape index (κ2) is 22.5. The summed E-state index contributed by atoms with van der Waals surface area (Å²) in [6.07, 6.45) is 15.6. The number of nitrogens with one attached hydrogen (secondary N) is 2. The number of nitrogens with zero attached hydrogens (tertiary/aromatic N) is 5. The number of imidazole rings is 2. The van der Waals surface area contributed by atoms with Gasteiger partial charge in [0.15, 0.2) is 5.65 Å². The van der Waals surface area contributed by atoms with Gasteiger partial charge >= 0.3 is 7.12 Å². The third-order valence-corrected chi connectivity index (χ3v) is 17.9. The van der Waals surface area contributed by atoms with Crippen molar-refractivity contribution in [1.29, 1.82) is 0 Å². The summed E-state index contributed by atoms with van der Waals surface area (Å²) in [4.78, 5) is 24.4. The predicted molar refractivity (Wildman–Crippen MR) is 328 cm³/mol. The first-order valence-corrected chi connectivity index (χ1v) is 28.8. The molecule has 80 heavy (non-hydrogen) atoms. The summed E-state index contributed by atoms with van der Waals surface area (Å²) in [5.41, 5.74) is 17.5. The molecule has 16 heteroatoms. The molecule has 1 saturated heterocycles. The monoisotopic (exact) mass is 1200 g/mol. The Hall–Kier alpha value is -7.64. The summed E-state index contributed by atoms with van der Waals surface area (Å²) in [6.45, 7) is 18.4. The number of pyridine rings is 2. The number of aryl methyl sites for hydroxylation is 3. The van der Waals surface area contributed by atoms with Gasteiger partial charge in [-0.3, -0.25) is 4.98 Å². The summed E-state index contributed by atoms with van der Waals surface area (Å²) >= 11 is 2.16. The van der Waals surface area contributed by atoms with Gasteiger partial charge in [0.05, 0.1) is 36.0 Å². The van der Waals surface area contributed by atoms with E-state index in [1.807, 2.05) is 75.8 Å². The molecule has 12 rings (SSSR count). The molecule has 1 fully saturated rings. The van der Waals surface area contributed by atoms with Crippen molar-refractivity contribution in [2.45, 2.75) is 84.8 Å². The van der Waals surface area contributed by atoms with Crippen molar-refractivity contribution in [3.8, 4) is 56.5 Å². The first kappa shape index (κ1) is 55.7. The topological polar surface area (TPSA) is 159 Å². The van der Waals surface area contributed by atoms with Gasteiger partial charge in [-0.25, -0.2) is 27.3 Å². The fourth-order valence-electron chi connectivity index (χ4n) is 9.68. The van der Waals surface area contributed by atoms with Crippen LogP contribution in [-0.2, 0) is 25.8 Å². The zero-order chi connectivity index (χ0) is 56.7. The number of allylic oxidation sites excluding steroid dienone is 1. The Bertz CT molecular complexity index is 4010. The average molecular weight is 1200 g/mol. The maximum Gasteiger partial charge on any atom is 0.494 e. The van der Waals surface area contributed by atoms with Crippen molar-refractivity contribution in [1.82, 2.24) is 33.9 Å². The summed E-state index contributed by atoms with van der Waals surface area (Å²) in [7, 11) is -0.666. The van der Waals surface area contributed by atoms with E-state index in [2.05, 4.69) is 144 Å². The standard InChI is InChI=1S/C26H23N3O.C23H21IN2O3S.C15H19BN2O2/c1-16-12-20(14-25(30-3)17(16)2)21-13-23-22(8-9-24(23)29-15-21)18-4-6-19(7-5-18)26-27-10-11-28-26;1-14-5-7-19(8-6-14)30(27,28)26-13-21(24)20-10-18(12-25-23(20)26)17-9-15(2)16(3)22(11-17)29-4;1-14(2)15(3,4)20-16(19-14)12-7-5-11(6-8-12)13-17-9-10-18-13/h4-8,10-15H,9H2,1-3H3,(H,27,28);5-13H,1-4H3;5-10H,1-4H3,(H,17,18). The fourth-order valence-corrected chi connectivity index (χ4v) is 11.9. The van der Waals surface area contributed by atoms with Crippen LogP contribution in [-0.4, -0.2) is 74.8 Å². The molecule has 6 heterocycles. The van der Waals surface area contributed by atoms with Crippen LogP contribution in [0.4, 0.5) is 0 Å². The van der Waals surface area contributed by atoms with Crippen molar-refractivity contribution in [3.05, 3.63) is 207 Å². The molecule has 2 aliphatic rings. The normalized spacial score (nSPS) is 14.2. The molecule has 5 aromatic heterocycles. The summed E-state index contributed by atoms with van der Waals surface area (Å²) < 4.78 is 51.6. The van der Waals surface area contributed by atoms with Crippen molar-refractivity contribution >= 4 is 61.8 Å². The molecule has 13 nitrogen and oxygen atoms in total. The Morgan fingerprint density at radius 1 is 0.613 bits per heavy atom. The van der Waals surface area contributed by atoms with E-state index in [0.717, 1.165) is 99.8 Å². The zero-order valence-corrected chi connectivity index (χ0v) is 49.7. The van der Waals surface area contributed by atoms with Gasteiger partial charge in [0, 0.05) is 86.6 Å². The van der Waals surface area contributed by atoms with E-state index in [-0.39, 0.29) is 23.2 Å². The summed E-state index contributed by atoms with van der Waals surface area (Å²) in [5.74, 6) is 3.48. The number of aromatic amines is 2. The van der Waals surface area contributed by atoms with Crippen LogP contribution in [0.3, 0.4) is 0 Å². The molecular weight excluding hydrogens is 1130 g/mol. The number of fused-ring (bicyclic) bond motifs is 2. The van der Waals surface area contributed by atoms with Crippen molar-refractivity contribution in [3.63, 3.8) is 0 Å². The van der Waals surface area contributed by atoms with Crippen LogP contribution in [0.25, 0.3) is 61.6 Å². The van der Waals surface area contributed by atoms with Gasteiger partial charge in [-0.05, 0) is 171 Å². The van der Waals surface area contributed by atoms with E-state index in [9.17, 15) is 8.42 Å². The number of rotatable bonds is 10. The summed E-state index contributed by atoms with van der Waals surface area (Å²) in [5, 5.41) is 0.793. The van der Waals surface area contributed by atoms with Crippen molar-refractivity contribution in [2.75, 3.05) is 14.2 Å². The number of hydrogen-bond donors (Lipinski definition) is 2. The summed E-state index contributed by atoms with van der Waals surface area (Å²) in [6, 6.07) is 36.1. The SMILES string of the molecule is CC1(C)OB(c2ccc(-c3ncc[nH]3)cc2)OC1(C)C.COc1cc(-c2cnc3c(c2)C(c2ccc(-c4ncc[nH]4)cc2)=CC3)cc(C)c1C.COc1cc(-c2cnc3c(c2)c(I)cn3S(=O)(=O)c2ccc(C)cc2)cc(C)c1C. The molecule has 0 spiro atoms. The number of ether oxygens (including phenoxy) is 2. The van der Waals surface area contributed by atoms with Gasteiger partial charge in [0.25, 0.3) is 10.0 Å². The van der Waals surface area contributed by atoms with E-state index in [4.69, 9.17) is 23.8 Å². The fraction of sp³-hybridized carbons (Fsp3) is 0.219. The quantitative estimate of drug-likeness (QED) is 0.0997. The van der Waals surface area contributed by atoms with Gasteiger partial charge in [-0.2, -0.15) is 0 Å². The highest BCUT2D eigenvalue weighted by Gasteiger charge is 2.51. The lowest BCUT2D eigenvalue weighted by molar-refractivity contribution is 0.00578. The van der Waals surface area contributed by atoms with E-state index >= 15 is 0 Å². The van der Waals surface area contributed by atoms with Gasteiger partial charge in [0.1, 0.15) is 23.1 Å². The third kappa shape index (κ3) is 11.1. The molecule has 2 N–H and O–H groups in total. The van der Waals surface area contributed by atoms with E-state index in [0.29, 0.717) is 5.65 Å². The molecule has 0 atom stereocenters. The molecule has 1 aliphatic carbocycles. The van der Waals surface area contributed by atoms with E-state index < -0.39 is 10.0 Å². The first-order valence-electron chi connectivity index (χ1n) is 26.3. The number of H-pyrrole nitrogens is 2. The van der Waals surface area contributed by atoms with Crippen LogP contribution >= 0.6 is 22.6 Å². The molecule has 1 aliphatic heterocycles. The van der Waals surface area contributed by atoms with Gasteiger partial charge in [-0.1, -0.05) is 84.4 Å². The lowest BCUT2D eigenvalue weighted by atomic mass is 9.79. The van der Waals surface area contributed by atoms with Crippen LogP contribution < -0.4 is 14.9 Å². The van der Waals surface area contributed by atoms with Crippen LogP contribution in [0.5, 0.6) is 11.5 Å². The second-order valence-corrected chi connectivity index (χ2v) is 24.1. The Labute approximate surface area is 482 Å². The number of aromatic nitrogens is 7. The number of hydrogen-bond acceptors (Lipinski definition) is 10. The second-order valence-electron chi connectivity index (χ2n) is 21.1. The van der Waals surface area contributed by atoms with Gasteiger partial charge < -0.3 is 28.8 Å². The molecule has 0 saturated carbocycles. The maximum atomic E-state index is 13.2. The number of halogens is 1. The van der Waals surface area contributed by atoms with Gasteiger partial charge in [0.2, 0.25) is 0 Å². The van der Waals surface area contributed by atoms with Crippen molar-refractivity contribution in [2.24, 2.45) is 0 Å². The average Bonchev–Trinajstić information content (AvgIpc) is 4.33. The highest BCUT2D eigenvalue weighted by molar-refractivity contribution is 14.1. The third-order valence-electron chi connectivity index (χ3n) is 15.4. The Morgan fingerprint density at radius 3 is 1.65 bits per heavy atom. The zero-order valence-electron chi connectivity index (χ0n) is 46.8. The lowest BCUT2D eigenvalue weighted by Crippen LogP contribution is -2.41. The smallest absolute Gasteiger partial charge is 0.494 e. The molecule has 406 valence electrons. The van der Waals surface area contributed by atoms with Crippen LogP contribution in [0.2, 0.25) is 0 Å². The molecular formula is C64H63BIN7O6S. The Morgan fingerprint density at radius 2 is 1.12 bits per heavy atom. The van der Waals surface area contributed by atoms with Gasteiger partial charge in [-0.15, -0.1) is 0 Å². The minimum absolute atomic E-state index is 0.242. The van der Waals surface area contributed by atoms with Crippen molar-refractivity contribution < 1.29 is 27.2 Å². The largest absolute Gasteiger partial charge is 0.496 e. The highest BCUT2D eigenvalue weighted by Crippen LogP contribution is 2.39. The Kier molecular flexibility index (Phi) is 15.6. The minimum Gasteiger partial charge on any atom is -0.496 e. The highest BCUT2D eigenvalue weighted by atomic mass is 127. The number of benzene rings is 5. The minimum atomic E-state index is -3.73. The molecule has 0 radical (unpaired) electrons. The molecule has 0 unspecified atom stereocenters. The maximum absolute atomic E-state index is 13.2. The lowest BCUT2D eigenvalue weighted by Gasteiger charge is -2.32.